The van der Waals surface area contributed by atoms with E-state index in [4.69, 9.17) is 4.74 Å². The van der Waals surface area contributed by atoms with Gasteiger partial charge in [0.1, 0.15) is 6.33 Å². The van der Waals surface area contributed by atoms with Crippen LogP contribution in [0.5, 0.6) is 0 Å². The summed E-state index contributed by atoms with van der Waals surface area (Å²) in [5.41, 5.74) is 1.39. The second kappa shape index (κ2) is 8.38. The molecule has 0 fully saturated rings. The summed E-state index contributed by atoms with van der Waals surface area (Å²) in [5, 5.41) is 11.1. The molecule has 2 aromatic rings. The quantitative estimate of drug-likeness (QED) is 0.744. The van der Waals surface area contributed by atoms with E-state index < -0.39 is 0 Å². The molecule has 0 atom stereocenters. The molecule has 0 aliphatic rings. The number of benzene rings is 1. The van der Waals surface area contributed by atoms with Crippen molar-refractivity contribution in [2.45, 2.75) is 32.7 Å². The smallest absolute Gasteiger partial charge is 0.254 e. The number of hydrogen-bond acceptors (Lipinski definition) is 5. The van der Waals surface area contributed by atoms with Crippen molar-refractivity contribution < 1.29 is 9.53 Å². The van der Waals surface area contributed by atoms with Crippen LogP contribution in [-0.4, -0.2) is 57.3 Å². The van der Waals surface area contributed by atoms with Gasteiger partial charge in [0.15, 0.2) is 0 Å². The van der Waals surface area contributed by atoms with Crippen molar-refractivity contribution in [3.8, 4) is 5.69 Å². The van der Waals surface area contributed by atoms with Crippen molar-refractivity contribution in [1.29, 1.82) is 0 Å². The lowest BCUT2D eigenvalue weighted by atomic mass is 10.1. The van der Waals surface area contributed by atoms with Crippen LogP contribution < -0.4 is 0 Å². The molecule has 0 spiro atoms. The van der Waals surface area contributed by atoms with Crippen LogP contribution in [-0.2, 0) is 4.74 Å². The zero-order valence-corrected chi connectivity index (χ0v) is 13.8. The van der Waals surface area contributed by atoms with Gasteiger partial charge in [-0.2, -0.15) is 0 Å². The van der Waals surface area contributed by atoms with E-state index in [1.165, 1.54) is 11.0 Å². The number of carbonyl (C=O) groups excluding carboxylic acids is 1. The van der Waals surface area contributed by atoms with Gasteiger partial charge >= 0.3 is 0 Å². The zero-order chi connectivity index (χ0) is 16.7. The van der Waals surface area contributed by atoms with Crippen LogP contribution in [0.4, 0.5) is 0 Å². The van der Waals surface area contributed by atoms with Crippen LogP contribution in [0.2, 0.25) is 0 Å². The first-order chi connectivity index (χ1) is 11.2. The summed E-state index contributed by atoms with van der Waals surface area (Å²) in [6.45, 7) is 5.29. The summed E-state index contributed by atoms with van der Waals surface area (Å²) in [7, 11) is 1.65. The molecule has 0 aliphatic carbocycles. The van der Waals surface area contributed by atoms with Gasteiger partial charge in [0.25, 0.3) is 5.91 Å². The lowest BCUT2D eigenvalue weighted by Gasteiger charge is -2.30. The first-order valence-electron chi connectivity index (χ1n) is 7.84. The van der Waals surface area contributed by atoms with Crippen LogP contribution in [0.25, 0.3) is 5.69 Å². The standard InChI is InChI=1S/C16H23N5O2/c1-4-14(5-2)20(9-10-23-3)16(22)13-7-6-8-15(11-13)21-12-17-18-19-21/h6-8,11-12,14H,4-5,9-10H2,1-3H3. The molecule has 1 amide bonds. The molecule has 124 valence electrons. The third kappa shape index (κ3) is 4.13. The van der Waals surface area contributed by atoms with Crippen LogP contribution in [0.15, 0.2) is 30.6 Å². The molecule has 1 heterocycles. The molecule has 1 aromatic carbocycles. The van der Waals surface area contributed by atoms with Crippen molar-refractivity contribution in [2.24, 2.45) is 0 Å². The first kappa shape index (κ1) is 17.1. The molecule has 0 saturated carbocycles. The highest BCUT2D eigenvalue weighted by Crippen LogP contribution is 2.16. The van der Waals surface area contributed by atoms with Gasteiger partial charge in [0.2, 0.25) is 0 Å². The van der Waals surface area contributed by atoms with Gasteiger partial charge in [0, 0.05) is 25.3 Å². The van der Waals surface area contributed by atoms with E-state index >= 15 is 0 Å². The van der Waals surface area contributed by atoms with Crippen LogP contribution >= 0.6 is 0 Å². The van der Waals surface area contributed by atoms with Gasteiger partial charge < -0.3 is 9.64 Å². The summed E-state index contributed by atoms with van der Waals surface area (Å²) in [5.74, 6) is 0.00525. The average Bonchev–Trinajstić information content (AvgIpc) is 3.13. The number of nitrogens with zero attached hydrogens (tertiary/aromatic N) is 5. The lowest BCUT2D eigenvalue weighted by Crippen LogP contribution is -2.41. The SMILES string of the molecule is CCC(CC)N(CCOC)C(=O)c1cccc(-n2cnnn2)c1. The van der Waals surface area contributed by atoms with E-state index in [0.29, 0.717) is 18.7 Å². The molecular weight excluding hydrogens is 294 g/mol. The highest BCUT2D eigenvalue weighted by atomic mass is 16.5. The van der Waals surface area contributed by atoms with Crippen LogP contribution in [0.1, 0.15) is 37.0 Å². The fourth-order valence-electron chi connectivity index (χ4n) is 2.60. The van der Waals surface area contributed by atoms with Gasteiger partial charge in [-0.1, -0.05) is 19.9 Å². The van der Waals surface area contributed by atoms with Gasteiger partial charge in [-0.3, -0.25) is 4.79 Å². The minimum absolute atomic E-state index is 0.00525. The van der Waals surface area contributed by atoms with Gasteiger partial charge in [-0.05, 0) is 41.5 Å². The zero-order valence-electron chi connectivity index (χ0n) is 13.8. The first-order valence-corrected chi connectivity index (χ1v) is 7.84. The summed E-state index contributed by atoms with van der Waals surface area (Å²) in [6, 6.07) is 7.53. The minimum Gasteiger partial charge on any atom is -0.383 e. The molecule has 0 bridgehead atoms. The summed E-state index contributed by atoms with van der Waals surface area (Å²) >= 11 is 0. The fourth-order valence-corrected chi connectivity index (χ4v) is 2.60. The number of aromatic nitrogens is 4. The Morgan fingerprint density at radius 1 is 1.35 bits per heavy atom. The highest BCUT2D eigenvalue weighted by Gasteiger charge is 2.22. The van der Waals surface area contributed by atoms with Crippen molar-refractivity contribution in [2.75, 3.05) is 20.3 Å². The second-order valence-corrected chi connectivity index (χ2v) is 5.27. The van der Waals surface area contributed by atoms with Crippen molar-refractivity contribution in [3.63, 3.8) is 0 Å². The number of carbonyl (C=O) groups is 1. The number of ether oxygens (including phenoxy) is 1. The molecular formula is C16H23N5O2. The third-order valence-corrected chi connectivity index (χ3v) is 3.89. The maximum atomic E-state index is 12.9. The minimum atomic E-state index is 0.00525. The molecule has 0 aliphatic heterocycles. The Morgan fingerprint density at radius 3 is 2.74 bits per heavy atom. The second-order valence-electron chi connectivity index (χ2n) is 5.27. The number of amides is 1. The number of tetrazole rings is 1. The maximum Gasteiger partial charge on any atom is 0.254 e. The normalized spacial score (nSPS) is 11.0. The van der Waals surface area contributed by atoms with E-state index in [-0.39, 0.29) is 11.9 Å². The molecule has 0 N–H and O–H groups in total. The van der Waals surface area contributed by atoms with Crippen molar-refractivity contribution >= 4 is 5.91 Å². The monoisotopic (exact) mass is 317 g/mol. The number of rotatable bonds is 8. The van der Waals surface area contributed by atoms with E-state index in [1.54, 1.807) is 13.2 Å². The van der Waals surface area contributed by atoms with Crippen LogP contribution in [0.3, 0.4) is 0 Å². The molecule has 7 nitrogen and oxygen atoms in total. The van der Waals surface area contributed by atoms with Gasteiger partial charge in [-0.15, -0.1) is 5.10 Å². The molecule has 2 rings (SSSR count). The predicted molar refractivity (Wildman–Crippen MR) is 86.4 cm³/mol. The Bertz CT molecular complexity index is 611. The Kier molecular flexibility index (Phi) is 6.22. The molecule has 0 saturated heterocycles. The average molecular weight is 317 g/mol. The number of hydrogen-bond donors (Lipinski definition) is 0. The summed E-state index contributed by atoms with van der Waals surface area (Å²) < 4.78 is 6.69. The third-order valence-electron chi connectivity index (χ3n) is 3.89. The largest absolute Gasteiger partial charge is 0.383 e. The molecule has 7 heteroatoms. The Morgan fingerprint density at radius 2 is 2.13 bits per heavy atom. The van der Waals surface area contributed by atoms with Crippen molar-refractivity contribution in [3.05, 3.63) is 36.2 Å². The molecule has 23 heavy (non-hydrogen) atoms. The molecule has 1 aromatic heterocycles. The topological polar surface area (TPSA) is 73.1 Å². The maximum absolute atomic E-state index is 12.9. The molecule has 0 unspecified atom stereocenters. The fraction of sp³-hybridized carbons (Fsp3) is 0.500. The van der Waals surface area contributed by atoms with Crippen molar-refractivity contribution in [1.82, 2.24) is 25.1 Å². The summed E-state index contributed by atoms with van der Waals surface area (Å²) in [6.07, 6.45) is 3.34. The highest BCUT2D eigenvalue weighted by molar-refractivity contribution is 5.95. The van der Waals surface area contributed by atoms with Gasteiger partial charge in [-0.25, -0.2) is 4.68 Å². The van der Waals surface area contributed by atoms with Crippen LogP contribution in [0, 0.1) is 0 Å². The summed E-state index contributed by atoms with van der Waals surface area (Å²) in [4.78, 5) is 14.8. The van der Waals surface area contributed by atoms with E-state index in [1.807, 2.05) is 23.1 Å². The Labute approximate surface area is 136 Å². The van der Waals surface area contributed by atoms with E-state index in [0.717, 1.165) is 18.5 Å². The predicted octanol–water partition coefficient (Wildman–Crippen LogP) is 1.94. The van der Waals surface area contributed by atoms with Gasteiger partial charge in [0.05, 0.1) is 12.3 Å². The molecule has 0 radical (unpaired) electrons. The Hall–Kier alpha value is -2.28. The van der Waals surface area contributed by atoms with E-state index in [2.05, 4.69) is 29.4 Å². The lowest BCUT2D eigenvalue weighted by molar-refractivity contribution is 0.0589. The number of methoxy groups -OCH3 is 1. The van der Waals surface area contributed by atoms with E-state index in [9.17, 15) is 4.79 Å². The Balaban J connectivity index is 2.26.